The number of likely N-dealkylation sites (N-methyl/N-ethyl adjacent to an activating group) is 1. The van der Waals surface area contributed by atoms with Crippen molar-refractivity contribution in [2.75, 3.05) is 47.5 Å². The Morgan fingerprint density at radius 2 is 1.04 bits per heavy atom. The summed E-state index contributed by atoms with van der Waals surface area (Å²) >= 11 is 0. The summed E-state index contributed by atoms with van der Waals surface area (Å²) in [4.78, 5) is 35.3. The van der Waals surface area contributed by atoms with Gasteiger partial charge in [0.2, 0.25) is 0 Å². The van der Waals surface area contributed by atoms with E-state index in [2.05, 4.69) is 62.5 Å². The lowest BCUT2D eigenvalue weighted by Crippen LogP contribution is -2.37. The molecule has 0 heterocycles. The van der Waals surface area contributed by atoms with Crippen LogP contribution in [-0.2, 0) is 32.7 Å². The summed E-state index contributed by atoms with van der Waals surface area (Å²) in [5.41, 5.74) is 0. The summed E-state index contributed by atoms with van der Waals surface area (Å²) in [5.74, 6) is -0.815. The molecule has 1 N–H and O–H groups in total. The topological polar surface area (TPSA) is 108 Å². The van der Waals surface area contributed by atoms with Gasteiger partial charge in [0.15, 0.2) is 6.10 Å². The number of hydrogen-bond acceptors (Lipinski definition) is 7. The van der Waals surface area contributed by atoms with Crippen LogP contribution in [0.4, 0.5) is 0 Å². The smallest absolute Gasteiger partial charge is 0.462 e. The van der Waals surface area contributed by atoms with E-state index in [1.54, 1.807) is 0 Å². The van der Waals surface area contributed by atoms with Crippen molar-refractivity contribution in [2.45, 2.75) is 180 Å². The highest BCUT2D eigenvalue weighted by atomic mass is 31.2. The molecular weight excluding hydrogens is 713 g/mol. The van der Waals surface area contributed by atoms with Gasteiger partial charge in [0.1, 0.15) is 19.8 Å². The largest absolute Gasteiger partial charge is 0.472 e. The molecule has 2 atom stereocenters. The molecule has 0 aromatic carbocycles. The van der Waals surface area contributed by atoms with E-state index in [0.717, 1.165) is 83.5 Å². The van der Waals surface area contributed by atoms with Gasteiger partial charge < -0.3 is 18.9 Å². The minimum absolute atomic E-state index is 0.0280. The van der Waals surface area contributed by atoms with Crippen LogP contribution in [0.1, 0.15) is 174 Å². The van der Waals surface area contributed by atoms with Gasteiger partial charge >= 0.3 is 19.8 Å². The number of phosphoric ester groups is 1. The minimum Gasteiger partial charge on any atom is -0.462 e. The van der Waals surface area contributed by atoms with Crippen LogP contribution >= 0.6 is 7.82 Å². The molecule has 0 radical (unpaired) electrons. The number of esters is 2. The number of carbonyl (C=O) groups is 2. The van der Waals surface area contributed by atoms with Crippen molar-refractivity contribution >= 4 is 19.8 Å². The highest BCUT2D eigenvalue weighted by molar-refractivity contribution is 7.47. The molecule has 0 aliphatic rings. The second kappa shape index (κ2) is 37.5. The Labute approximate surface area is 337 Å². The van der Waals surface area contributed by atoms with E-state index >= 15 is 0 Å². The summed E-state index contributed by atoms with van der Waals surface area (Å²) in [7, 11) is 1.46. The SMILES string of the molecule is CC/C=C\C/C=C\C/C=C\C/C=C\CCCCCCCCC(=O)OC(COC(=O)CCCCCCCCCCCCCC)COP(=O)(O)OCC[N+](C)(C)C. The zero-order valence-electron chi connectivity index (χ0n) is 35.9. The van der Waals surface area contributed by atoms with Crippen molar-refractivity contribution in [1.29, 1.82) is 0 Å². The lowest BCUT2D eigenvalue weighted by atomic mass is 10.0. The molecule has 0 fully saturated rings. The Morgan fingerprint density at radius 1 is 0.582 bits per heavy atom. The van der Waals surface area contributed by atoms with Crippen LogP contribution in [0.25, 0.3) is 0 Å². The Morgan fingerprint density at radius 3 is 1.55 bits per heavy atom. The molecular formula is C45H83NO8P+. The molecule has 10 heteroatoms. The van der Waals surface area contributed by atoms with E-state index in [1.807, 2.05) is 21.1 Å². The van der Waals surface area contributed by atoms with Gasteiger partial charge in [-0.1, -0.05) is 159 Å². The number of unbranched alkanes of at least 4 members (excludes halogenated alkanes) is 17. The Hall–Kier alpha value is -2.03. The molecule has 0 aliphatic heterocycles. The summed E-state index contributed by atoms with van der Waals surface area (Å²) in [6.45, 7) is 4.28. The molecule has 9 nitrogen and oxygen atoms in total. The first kappa shape index (κ1) is 53.0. The quantitative estimate of drug-likeness (QED) is 0.0215. The maximum absolute atomic E-state index is 12.7. The first-order valence-electron chi connectivity index (χ1n) is 21.9. The number of ether oxygens (including phenoxy) is 2. The average molecular weight is 797 g/mol. The Balaban J connectivity index is 4.38. The number of quaternary nitrogens is 1. The molecule has 0 saturated carbocycles. The van der Waals surface area contributed by atoms with Crippen molar-refractivity contribution in [3.63, 3.8) is 0 Å². The third kappa shape index (κ3) is 41.4. The fourth-order valence-corrected chi connectivity index (χ4v) is 6.45. The van der Waals surface area contributed by atoms with Gasteiger partial charge in [-0.3, -0.25) is 18.6 Å². The van der Waals surface area contributed by atoms with Gasteiger partial charge in [0, 0.05) is 12.8 Å². The van der Waals surface area contributed by atoms with Gasteiger partial charge in [-0.2, -0.15) is 0 Å². The van der Waals surface area contributed by atoms with Crippen LogP contribution in [0.5, 0.6) is 0 Å². The zero-order valence-corrected chi connectivity index (χ0v) is 36.8. The molecule has 0 aromatic heterocycles. The number of rotatable bonds is 39. The maximum Gasteiger partial charge on any atom is 0.472 e. The van der Waals surface area contributed by atoms with Crippen LogP contribution in [0, 0.1) is 0 Å². The lowest BCUT2D eigenvalue weighted by Gasteiger charge is -2.24. The molecule has 0 rings (SSSR count). The number of phosphoric acid groups is 1. The van der Waals surface area contributed by atoms with Crippen molar-refractivity contribution in [1.82, 2.24) is 0 Å². The van der Waals surface area contributed by atoms with E-state index in [1.165, 1.54) is 57.8 Å². The van der Waals surface area contributed by atoms with Crippen LogP contribution < -0.4 is 0 Å². The normalized spacial score (nSPS) is 14.1. The average Bonchev–Trinajstić information content (AvgIpc) is 3.13. The molecule has 0 spiro atoms. The van der Waals surface area contributed by atoms with Crippen LogP contribution in [-0.4, -0.2) is 74.9 Å². The minimum atomic E-state index is -4.38. The molecule has 0 amide bonds. The predicted octanol–water partition coefficient (Wildman–Crippen LogP) is 12.3. The van der Waals surface area contributed by atoms with Gasteiger partial charge in [0.25, 0.3) is 0 Å². The Bertz CT molecular complexity index is 1080. The van der Waals surface area contributed by atoms with Crippen LogP contribution in [0.3, 0.4) is 0 Å². The number of allylic oxidation sites excluding steroid dienone is 8. The Kier molecular flexibility index (Phi) is 36.2. The standard InChI is InChI=1S/C45H82NO8P/c1-6-8-10-12-14-16-18-20-21-22-23-24-25-26-28-30-32-34-36-38-45(48)54-43(42-53-55(49,50)52-40-39-46(3,4)5)41-51-44(47)37-35-33-31-29-27-19-17-15-13-11-9-7-2/h8,10,14,16,20-21,23-24,43H,6-7,9,11-13,15,17-19,22,25-42H2,1-5H3/p+1/b10-8-,16-14-,21-20-,24-23-. The van der Waals surface area contributed by atoms with E-state index < -0.39 is 26.5 Å². The van der Waals surface area contributed by atoms with Gasteiger partial charge in [-0.15, -0.1) is 0 Å². The molecule has 0 saturated heterocycles. The molecule has 0 bridgehead atoms. The molecule has 2 unspecified atom stereocenters. The molecule has 0 aliphatic carbocycles. The molecule has 320 valence electrons. The summed E-state index contributed by atoms with van der Waals surface area (Å²) in [6.07, 6.45) is 42.9. The van der Waals surface area contributed by atoms with Crippen LogP contribution in [0.15, 0.2) is 48.6 Å². The fourth-order valence-electron chi connectivity index (χ4n) is 5.71. The zero-order chi connectivity index (χ0) is 40.7. The van der Waals surface area contributed by atoms with Crippen molar-refractivity contribution in [3.8, 4) is 0 Å². The number of carbonyl (C=O) groups excluding carboxylic acids is 2. The summed E-state index contributed by atoms with van der Waals surface area (Å²) in [5, 5.41) is 0. The van der Waals surface area contributed by atoms with E-state index in [4.69, 9.17) is 18.5 Å². The monoisotopic (exact) mass is 797 g/mol. The highest BCUT2D eigenvalue weighted by Crippen LogP contribution is 2.43. The molecule has 55 heavy (non-hydrogen) atoms. The third-order valence-corrected chi connectivity index (χ3v) is 10.1. The van der Waals surface area contributed by atoms with E-state index in [-0.39, 0.29) is 32.0 Å². The van der Waals surface area contributed by atoms with Crippen molar-refractivity contribution in [2.24, 2.45) is 0 Å². The van der Waals surface area contributed by atoms with Crippen molar-refractivity contribution < 1.29 is 42.1 Å². The third-order valence-electron chi connectivity index (χ3n) is 9.12. The van der Waals surface area contributed by atoms with E-state index in [9.17, 15) is 19.0 Å². The summed E-state index contributed by atoms with van der Waals surface area (Å²) in [6, 6.07) is 0. The van der Waals surface area contributed by atoms with Crippen LogP contribution in [0.2, 0.25) is 0 Å². The highest BCUT2D eigenvalue weighted by Gasteiger charge is 2.27. The first-order chi connectivity index (χ1) is 26.5. The maximum atomic E-state index is 12.7. The predicted molar refractivity (Wildman–Crippen MR) is 229 cm³/mol. The van der Waals surface area contributed by atoms with Gasteiger partial charge in [-0.25, -0.2) is 4.57 Å². The van der Waals surface area contributed by atoms with Crippen molar-refractivity contribution in [3.05, 3.63) is 48.6 Å². The molecule has 0 aromatic rings. The van der Waals surface area contributed by atoms with Gasteiger partial charge in [0.05, 0.1) is 27.7 Å². The number of hydrogen-bond donors (Lipinski definition) is 1. The fraction of sp³-hybridized carbons (Fsp3) is 0.778. The second-order valence-electron chi connectivity index (χ2n) is 15.7. The number of nitrogens with zero attached hydrogens (tertiary/aromatic N) is 1. The van der Waals surface area contributed by atoms with E-state index in [0.29, 0.717) is 17.4 Å². The second-order valence-corrected chi connectivity index (χ2v) is 17.2. The summed E-state index contributed by atoms with van der Waals surface area (Å²) < 4.78 is 34.3. The van der Waals surface area contributed by atoms with Gasteiger partial charge in [-0.05, 0) is 51.4 Å². The lowest BCUT2D eigenvalue weighted by molar-refractivity contribution is -0.870. The first-order valence-corrected chi connectivity index (χ1v) is 23.4.